The third-order valence-electron chi connectivity index (χ3n) is 2.63. The van der Waals surface area contributed by atoms with Crippen molar-refractivity contribution in [3.05, 3.63) is 36.5 Å². The van der Waals surface area contributed by atoms with E-state index in [1.54, 1.807) is 6.08 Å². The highest BCUT2D eigenvalue weighted by molar-refractivity contribution is 5.65. The molecule has 0 unspecified atom stereocenters. The van der Waals surface area contributed by atoms with Crippen LogP contribution in [-0.4, -0.2) is 6.29 Å². The molecule has 0 aromatic carbocycles. The molecule has 0 aliphatic carbocycles. The second-order valence-corrected chi connectivity index (χ2v) is 4.24. The summed E-state index contributed by atoms with van der Waals surface area (Å²) in [7, 11) is 0. The highest BCUT2D eigenvalue weighted by Gasteiger charge is 1.88. The SMILES string of the molecule is CCCCCCCCCC=C/C=C/C=C/C=O. The minimum atomic E-state index is 0.784. The third kappa shape index (κ3) is 14.9. The van der Waals surface area contributed by atoms with Gasteiger partial charge in [-0.3, -0.25) is 4.79 Å². The molecule has 0 rings (SSSR count). The lowest BCUT2D eigenvalue weighted by Crippen LogP contribution is -1.78. The predicted octanol–water partition coefficient (Wildman–Crippen LogP) is 4.99. The lowest BCUT2D eigenvalue weighted by atomic mass is 10.1. The van der Waals surface area contributed by atoms with E-state index in [0.29, 0.717) is 0 Å². The zero-order valence-corrected chi connectivity index (χ0v) is 11.1. The van der Waals surface area contributed by atoms with Crippen LogP contribution < -0.4 is 0 Å². The number of unbranched alkanes of at least 4 members (excludes halogenated alkanes) is 7. The summed E-state index contributed by atoms with van der Waals surface area (Å²) in [6.45, 7) is 2.25. The van der Waals surface area contributed by atoms with E-state index in [1.165, 1.54) is 51.0 Å². The molecule has 0 atom stereocenters. The van der Waals surface area contributed by atoms with Gasteiger partial charge < -0.3 is 0 Å². The van der Waals surface area contributed by atoms with Crippen LogP contribution in [0.15, 0.2) is 36.5 Å². The first kappa shape index (κ1) is 15.9. The molecule has 0 aliphatic rings. The molecule has 0 aromatic rings. The van der Waals surface area contributed by atoms with Gasteiger partial charge in [-0.1, -0.05) is 75.8 Å². The van der Waals surface area contributed by atoms with Crippen molar-refractivity contribution in [1.82, 2.24) is 0 Å². The van der Waals surface area contributed by atoms with Crippen molar-refractivity contribution in [3.63, 3.8) is 0 Å². The predicted molar refractivity (Wildman–Crippen MR) is 76.1 cm³/mol. The van der Waals surface area contributed by atoms with Crippen LogP contribution >= 0.6 is 0 Å². The molecule has 0 heterocycles. The average molecular weight is 234 g/mol. The lowest BCUT2D eigenvalue weighted by Gasteiger charge is -1.98. The van der Waals surface area contributed by atoms with Crippen LogP contribution in [0.2, 0.25) is 0 Å². The standard InChI is InChI=1S/C16H26O/c1-2-3-4-5-6-7-8-9-10-11-12-13-14-15-16-17/h10-16H,2-9H2,1H3/b11-10?,13-12+,15-14+. The first-order valence-electron chi connectivity index (χ1n) is 6.85. The summed E-state index contributed by atoms with van der Waals surface area (Å²) in [6.07, 6.45) is 22.8. The zero-order valence-electron chi connectivity index (χ0n) is 11.1. The van der Waals surface area contributed by atoms with Gasteiger partial charge >= 0.3 is 0 Å². The van der Waals surface area contributed by atoms with Crippen molar-refractivity contribution in [2.24, 2.45) is 0 Å². The van der Waals surface area contributed by atoms with Gasteiger partial charge in [0.1, 0.15) is 6.29 Å². The Morgan fingerprint density at radius 3 is 2.00 bits per heavy atom. The molecule has 0 amide bonds. The Balaban J connectivity index is 3.21. The third-order valence-corrected chi connectivity index (χ3v) is 2.63. The molecule has 0 aromatic heterocycles. The van der Waals surface area contributed by atoms with Crippen molar-refractivity contribution in [2.45, 2.75) is 58.3 Å². The fraction of sp³-hybridized carbons (Fsp3) is 0.562. The molecule has 0 saturated carbocycles. The van der Waals surface area contributed by atoms with Gasteiger partial charge in [-0.05, 0) is 18.9 Å². The first-order valence-corrected chi connectivity index (χ1v) is 6.85. The normalized spacial score (nSPS) is 12.1. The monoisotopic (exact) mass is 234 g/mol. The smallest absolute Gasteiger partial charge is 0.142 e. The van der Waals surface area contributed by atoms with Crippen LogP contribution in [0.4, 0.5) is 0 Å². The molecular formula is C16H26O. The molecule has 0 saturated heterocycles. The topological polar surface area (TPSA) is 17.1 Å². The van der Waals surface area contributed by atoms with E-state index in [1.807, 2.05) is 18.2 Å². The maximum Gasteiger partial charge on any atom is 0.142 e. The Labute approximate surface area is 106 Å². The van der Waals surface area contributed by atoms with E-state index >= 15 is 0 Å². The van der Waals surface area contributed by atoms with Gasteiger partial charge in [-0.15, -0.1) is 0 Å². The zero-order chi connectivity index (χ0) is 12.6. The average Bonchev–Trinajstić information content (AvgIpc) is 2.35. The van der Waals surface area contributed by atoms with Gasteiger partial charge in [0.2, 0.25) is 0 Å². The highest BCUT2D eigenvalue weighted by Crippen LogP contribution is 2.08. The van der Waals surface area contributed by atoms with Crippen LogP contribution in [0, 0.1) is 0 Å². The Kier molecular flexibility index (Phi) is 13.9. The van der Waals surface area contributed by atoms with E-state index in [-0.39, 0.29) is 0 Å². The lowest BCUT2D eigenvalue weighted by molar-refractivity contribution is -0.104. The van der Waals surface area contributed by atoms with E-state index in [9.17, 15) is 4.79 Å². The summed E-state index contributed by atoms with van der Waals surface area (Å²) in [6, 6.07) is 0. The largest absolute Gasteiger partial charge is 0.299 e. The second kappa shape index (κ2) is 14.9. The molecule has 96 valence electrons. The van der Waals surface area contributed by atoms with Crippen LogP contribution in [0.3, 0.4) is 0 Å². The molecule has 0 radical (unpaired) electrons. The Morgan fingerprint density at radius 1 is 0.706 bits per heavy atom. The highest BCUT2D eigenvalue weighted by atomic mass is 16.1. The summed E-state index contributed by atoms with van der Waals surface area (Å²) in [5, 5.41) is 0. The minimum Gasteiger partial charge on any atom is -0.299 e. The molecule has 0 N–H and O–H groups in total. The number of carbonyl (C=O) groups excluding carboxylic acids is 1. The molecule has 1 heteroatoms. The fourth-order valence-electron chi connectivity index (χ4n) is 1.63. The van der Waals surface area contributed by atoms with Gasteiger partial charge in [0.25, 0.3) is 0 Å². The fourth-order valence-corrected chi connectivity index (χ4v) is 1.63. The van der Waals surface area contributed by atoms with Crippen molar-refractivity contribution >= 4 is 6.29 Å². The van der Waals surface area contributed by atoms with E-state index in [0.717, 1.165) is 12.7 Å². The molecule has 0 bridgehead atoms. The minimum absolute atomic E-state index is 0.784. The van der Waals surface area contributed by atoms with Crippen LogP contribution in [-0.2, 0) is 4.79 Å². The summed E-state index contributed by atoms with van der Waals surface area (Å²) < 4.78 is 0. The van der Waals surface area contributed by atoms with Gasteiger partial charge in [0.05, 0.1) is 0 Å². The van der Waals surface area contributed by atoms with Crippen LogP contribution in [0.25, 0.3) is 0 Å². The van der Waals surface area contributed by atoms with Crippen molar-refractivity contribution in [2.75, 3.05) is 0 Å². The van der Waals surface area contributed by atoms with E-state index in [4.69, 9.17) is 0 Å². The maximum absolute atomic E-state index is 9.97. The Morgan fingerprint density at radius 2 is 1.29 bits per heavy atom. The summed E-state index contributed by atoms with van der Waals surface area (Å²) in [4.78, 5) is 9.97. The van der Waals surface area contributed by atoms with Crippen LogP contribution in [0.5, 0.6) is 0 Å². The Bertz CT molecular complexity index is 236. The summed E-state index contributed by atoms with van der Waals surface area (Å²) in [5.41, 5.74) is 0. The summed E-state index contributed by atoms with van der Waals surface area (Å²) in [5.74, 6) is 0. The number of carbonyl (C=O) groups is 1. The molecular weight excluding hydrogens is 208 g/mol. The Hall–Kier alpha value is -1.11. The van der Waals surface area contributed by atoms with E-state index in [2.05, 4.69) is 13.0 Å². The molecule has 0 spiro atoms. The van der Waals surface area contributed by atoms with Gasteiger partial charge in [0.15, 0.2) is 0 Å². The molecule has 1 nitrogen and oxygen atoms in total. The molecule has 17 heavy (non-hydrogen) atoms. The van der Waals surface area contributed by atoms with Crippen LogP contribution in [0.1, 0.15) is 58.3 Å². The van der Waals surface area contributed by atoms with Crippen molar-refractivity contribution < 1.29 is 4.79 Å². The number of aldehydes is 1. The number of hydrogen-bond acceptors (Lipinski definition) is 1. The quantitative estimate of drug-likeness (QED) is 0.213. The molecule has 0 aliphatic heterocycles. The summed E-state index contributed by atoms with van der Waals surface area (Å²) >= 11 is 0. The van der Waals surface area contributed by atoms with Gasteiger partial charge in [-0.2, -0.15) is 0 Å². The number of hydrogen-bond donors (Lipinski definition) is 0. The first-order chi connectivity index (χ1) is 8.41. The number of rotatable bonds is 11. The maximum atomic E-state index is 9.97. The second-order valence-electron chi connectivity index (χ2n) is 4.24. The van der Waals surface area contributed by atoms with Gasteiger partial charge in [0, 0.05) is 0 Å². The molecule has 0 fully saturated rings. The van der Waals surface area contributed by atoms with E-state index < -0.39 is 0 Å². The van der Waals surface area contributed by atoms with Crippen molar-refractivity contribution in [3.8, 4) is 0 Å². The van der Waals surface area contributed by atoms with Gasteiger partial charge in [-0.25, -0.2) is 0 Å². The number of allylic oxidation sites excluding steroid dienone is 6. The van der Waals surface area contributed by atoms with Crippen molar-refractivity contribution in [1.29, 1.82) is 0 Å².